The molecule has 0 saturated heterocycles. The van der Waals surface area contributed by atoms with E-state index in [4.69, 9.17) is 13.9 Å². The molecule has 0 aromatic carbocycles. The Hall–Kier alpha value is -4.50. The van der Waals surface area contributed by atoms with Crippen LogP contribution < -0.4 is 21.3 Å². The molecule has 2 atom stereocenters. The summed E-state index contributed by atoms with van der Waals surface area (Å²) in [4.78, 5) is 73.7. The molecule has 6 amide bonds. The van der Waals surface area contributed by atoms with Crippen LogP contribution in [0, 0.1) is 0 Å². The van der Waals surface area contributed by atoms with Crippen LogP contribution in [0.1, 0.15) is 156 Å². The molecule has 4 N–H and O–H groups in total. The number of carbonyl (C=O) groups is 6. The summed E-state index contributed by atoms with van der Waals surface area (Å²) >= 11 is 0. The molecule has 78 heavy (non-hydrogen) atoms. The number of nitrogens with zero attached hydrogens (tertiary/aromatic N) is 2. The van der Waals surface area contributed by atoms with Gasteiger partial charge >= 0.3 is 60.5 Å². The molecular weight excluding hydrogens is 1080 g/mol. The lowest BCUT2D eigenvalue weighted by Crippen LogP contribution is -2.52. The van der Waals surface area contributed by atoms with Crippen LogP contribution in [0.2, 0.25) is 18.1 Å². The number of unbranched alkanes of at least 4 members (excludes halogenated alkanes) is 15. The number of carbonyl (C=O) groups excluding carboxylic acids is 6. The molecule has 0 aliphatic carbocycles. The van der Waals surface area contributed by atoms with E-state index >= 15 is 0 Å². The number of rotatable bonds is 39. The van der Waals surface area contributed by atoms with E-state index in [2.05, 4.69) is 51.4 Å². The van der Waals surface area contributed by atoms with Gasteiger partial charge in [0.05, 0.1) is 0 Å². The highest BCUT2D eigenvalue weighted by Crippen LogP contribution is 2.36. The van der Waals surface area contributed by atoms with Crippen molar-refractivity contribution in [2.45, 2.75) is 211 Å². The third-order valence-corrected chi connectivity index (χ3v) is 17.2. The maximum Gasteiger partial charge on any atom is 0.471 e. The number of alkyl carbamates (subject to hydrolysis) is 2. The Morgan fingerprint density at radius 2 is 0.936 bits per heavy atom. The van der Waals surface area contributed by atoms with Crippen LogP contribution in [0.5, 0.6) is 0 Å². The van der Waals surface area contributed by atoms with Crippen molar-refractivity contribution in [3.05, 3.63) is 12.2 Å². The normalized spacial score (nSPS) is 13.4. The van der Waals surface area contributed by atoms with Crippen molar-refractivity contribution in [2.24, 2.45) is 0 Å². The molecule has 0 aliphatic heterocycles. The minimum atomic E-state index is -5.44. The molecule has 0 heterocycles. The van der Waals surface area contributed by atoms with Crippen LogP contribution in [-0.2, 0) is 33.1 Å². The number of nitrogens with one attached hydrogen (secondary N) is 4. The predicted molar refractivity (Wildman–Crippen MR) is 270 cm³/mol. The summed E-state index contributed by atoms with van der Waals surface area (Å²) in [5.41, 5.74) is 0. The van der Waals surface area contributed by atoms with Crippen LogP contribution >= 0.6 is 0 Å². The highest BCUT2D eigenvalue weighted by Gasteiger charge is 2.45. The Labute approximate surface area is 451 Å². The van der Waals surface area contributed by atoms with Gasteiger partial charge in [-0.15, -0.1) is 0 Å². The van der Waals surface area contributed by atoms with E-state index in [9.17, 15) is 81.5 Å². The average Bonchev–Trinajstić information content (AvgIpc) is 3.32. The van der Waals surface area contributed by atoms with Gasteiger partial charge in [0, 0.05) is 52.4 Å². The highest BCUT2D eigenvalue weighted by molar-refractivity contribution is 6.74. The minimum absolute atomic E-state index is 0.0531. The summed E-state index contributed by atoms with van der Waals surface area (Å²) in [6, 6.07) is -1.82. The van der Waals surface area contributed by atoms with Gasteiger partial charge in [0.15, 0.2) is 8.32 Å². The summed E-state index contributed by atoms with van der Waals surface area (Å²) in [5.74, 6) is -9.60. The van der Waals surface area contributed by atoms with E-state index in [1.165, 1.54) is 36.7 Å². The van der Waals surface area contributed by atoms with Gasteiger partial charge in [0.25, 0.3) is 0 Å². The third kappa shape index (κ3) is 34.5. The second-order valence-electron chi connectivity index (χ2n) is 20.4. The zero-order valence-electron chi connectivity index (χ0n) is 45.9. The van der Waals surface area contributed by atoms with E-state index in [0.717, 1.165) is 57.8 Å². The Morgan fingerprint density at radius 3 is 1.41 bits per heavy atom. The Kier molecular flexibility index (Phi) is 35.3. The van der Waals surface area contributed by atoms with Crippen molar-refractivity contribution in [3.8, 4) is 0 Å². The van der Waals surface area contributed by atoms with Crippen molar-refractivity contribution >= 4 is 44.1 Å². The van der Waals surface area contributed by atoms with Crippen molar-refractivity contribution in [1.82, 2.24) is 31.1 Å². The van der Waals surface area contributed by atoms with Crippen LogP contribution in [0.3, 0.4) is 0 Å². The lowest BCUT2D eigenvalue weighted by Gasteiger charge is -2.36. The zero-order chi connectivity index (χ0) is 59.6. The summed E-state index contributed by atoms with van der Waals surface area (Å²) in [6.07, 6.45) is -10.2. The lowest BCUT2D eigenvalue weighted by atomic mass is 10.0. The second kappa shape index (κ2) is 37.4. The van der Waals surface area contributed by atoms with E-state index in [0.29, 0.717) is 32.3 Å². The molecule has 0 aromatic rings. The number of hydrogen-bond acceptors (Lipinski definition) is 9. The first-order chi connectivity index (χ1) is 36.1. The molecular formula is C50H84F12N6O9Si. The predicted octanol–water partition coefficient (Wildman–Crippen LogP) is 11.7. The molecule has 0 fully saturated rings. The number of allylic oxidation sites excluding steroid dienone is 1. The third-order valence-electron chi connectivity index (χ3n) is 12.7. The largest absolute Gasteiger partial charge is 0.471 e. The molecule has 0 saturated carbocycles. The van der Waals surface area contributed by atoms with Crippen molar-refractivity contribution < 1.29 is 95.4 Å². The number of ether oxygens (including phenoxy) is 2. The number of alkyl halides is 12. The van der Waals surface area contributed by atoms with Gasteiger partial charge in [-0.1, -0.05) is 111 Å². The van der Waals surface area contributed by atoms with Crippen LogP contribution in [0.15, 0.2) is 12.2 Å². The fraction of sp³-hybridized carbons (Fsp3) is 0.840. The summed E-state index contributed by atoms with van der Waals surface area (Å²) in [6.45, 7) is 8.33. The number of halogens is 12. The van der Waals surface area contributed by atoms with E-state index in [1.54, 1.807) is 5.32 Å². The molecule has 0 radical (unpaired) electrons. The molecule has 0 bridgehead atoms. The van der Waals surface area contributed by atoms with Crippen molar-refractivity contribution in [2.75, 3.05) is 59.0 Å². The lowest BCUT2D eigenvalue weighted by molar-refractivity contribution is -0.186. The van der Waals surface area contributed by atoms with Gasteiger partial charge < -0.3 is 45.0 Å². The van der Waals surface area contributed by atoms with Crippen molar-refractivity contribution in [1.29, 1.82) is 0 Å². The number of hydrogen-bond donors (Lipinski definition) is 4. The fourth-order valence-electron chi connectivity index (χ4n) is 7.20. The second-order valence-corrected chi connectivity index (χ2v) is 25.2. The maximum atomic E-state index is 13.6. The first-order valence-electron chi connectivity index (χ1n) is 26.8. The SMILES string of the molecule is CCCCCCCCCCCCC/C=C/[C@@H](OC(=O)NCCCN(CCCCN(CCCNC(=O)C(F)(F)F)C(=O)C(F)(F)F)C(=O)C(F)(F)F)[C@H](COC(=O)NCCCCCCO[Si](C)(C)C(C)(C)C)NC(=O)C(F)(F)F. The Balaban J connectivity index is 5.88. The van der Waals surface area contributed by atoms with Gasteiger partial charge in [0.1, 0.15) is 18.8 Å². The fourth-order valence-corrected chi connectivity index (χ4v) is 8.29. The quantitative estimate of drug-likeness (QED) is 0.0201. The summed E-state index contributed by atoms with van der Waals surface area (Å²) < 4.78 is 175. The molecule has 0 spiro atoms. The standard InChI is InChI=1S/C50H84F12N6O9Si/c1-7-8-9-10-11-12-13-14-15-16-17-18-21-28-39(38(66-41(70)48(54,55)56)37-75-44(73)64-29-22-19-20-25-36-76-78(5,6)46(2,3)4)77-45(74)65-31-27-35-68(43(72)50(60,61)62)33-24-23-32-67(42(71)49(57,58)59)34-26-30-63-40(69)47(51,52)53/h21,28,38-39H,7-20,22-27,29-37H2,1-6H3,(H,63,69)(H,64,73)(H,65,74)(H,66,70)/b28-21+/t38-,39+/m0/s1. The topological polar surface area (TPSA) is 185 Å². The summed E-state index contributed by atoms with van der Waals surface area (Å²) in [7, 11) is -1.91. The molecule has 0 rings (SSSR count). The van der Waals surface area contributed by atoms with Gasteiger partial charge in [-0.3, -0.25) is 19.2 Å². The Bertz CT molecular complexity index is 1780. The maximum absolute atomic E-state index is 13.6. The van der Waals surface area contributed by atoms with Crippen LogP contribution in [-0.4, -0.2) is 150 Å². The van der Waals surface area contributed by atoms with Gasteiger partial charge in [-0.2, -0.15) is 52.7 Å². The molecule has 28 heteroatoms. The Morgan fingerprint density at radius 1 is 0.513 bits per heavy atom. The van der Waals surface area contributed by atoms with Crippen LogP contribution in [0.25, 0.3) is 0 Å². The minimum Gasteiger partial charge on any atom is -0.447 e. The first-order valence-corrected chi connectivity index (χ1v) is 29.7. The van der Waals surface area contributed by atoms with E-state index < -0.39 is 153 Å². The van der Waals surface area contributed by atoms with Gasteiger partial charge in [0.2, 0.25) is 0 Å². The van der Waals surface area contributed by atoms with Gasteiger partial charge in [-0.25, -0.2) is 9.59 Å². The van der Waals surface area contributed by atoms with E-state index in [1.807, 2.05) is 0 Å². The first kappa shape index (κ1) is 73.5. The average molecular weight is 1170 g/mol. The molecule has 0 unspecified atom stereocenters. The summed E-state index contributed by atoms with van der Waals surface area (Å²) in [5, 5.41) is 7.86. The highest BCUT2D eigenvalue weighted by atomic mass is 28.4. The molecule has 0 aliphatic rings. The smallest absolute Gasteiger partial charge is 0.447 e. The molecule has 456 valence electrons. The molecule has 15 nitrogen and oxygen atoms in total. The number of amides is 6. The van der Waals surface area contributed by atoms with Crippen LogP contribution in [0.4, 0.5) is 62.3 Å². The molecule has 0 aromatic heterocycles. The van der Waals surface area contributed by atoms with E-state index in [-0.39, 0.29) is 21.4 Å². The monoisotopic (exact) mass is 1170 g/mol. The van der Waals surface area contributed by atoms with Gasteiger partial charge in [-0.05, 0) is 75.6 Å². The van der Waals surface area contributed by atoms with Crippen molar-refractivity contribution in [3.63, 3.8) is 0 Å². The zero-order valence-corrected chi connectivity index (χ0v) is 46.9.